The van der Waals surface area contributed by atoms with Crippen LogP contribution in [0, 0.1) is 11.8 Å². The smallest absolute Gasteiger partial charge is 0.137 e. The van der Waals surface area contributed by atoms with Gasteiger partial charge in [0, 0.05) is 38.6 Å². The summed E-state index contributed by atoms with van der Waals surface area (Å²) in [7, 11) is 1.74. The number of hydrogen-bond acceptors (Lipinski definition) is 3. The average molecular weight is 269 g/mol. The van der Waals surface area contributed by atoms with Crippen LogP contribution in [-0.4, -0.2) is 43.5 Å². The molecule has 0 N–H and O–H groups in total. The molecule has 1 aliphatic carbocycles. The molecule has 0 amide bonds. The lowest BCUT2D eigenvalue weighted by Gasteiger charge is -2.34. The number of methoxy groups -OCH3 is 1. The molecule has 0 radical (unpaired) electrons. The molecule has 2 atom stereocenters. The number of ether oxygens (including phenoxy) is 1. The van der Waals surface area contributed by atoms with E-state index in [1.54, 1.807) is 7.11 Å². The summed E-state index contributed by atoms with van der Waals surface area (Å²) in [5.41, 5.74) is 0. The van der Waals surface area contributed by atoms with Gasteiger partial charge in [-0.05, 0) is 32.6 Å². The number of rotatable bonds is 8. The number of ketones is 1. The molecule has 0 bridgehead atoms. The fourth-order valence-corrected chi connectivity index (χ4v) is 3.10. The minimum atomic E-state index is 0.254. The molecular weight excluding hydrogens is 238 g/mol. The van der Waals surface area contributed by atoms with Crippen LogP contribution in [0.3, 0.4) is 0 Å². The number of hydrogen-bond donors (Lipinski definition) is 0. The molecule has 2 unspecified atom stereocenters. The van der Waals surface area contributed by atoms with E-state index in [1.165, 1.54) is 12.8 Å². The van der Waals surface area contributed by atoms with E-state index in [1.807, 2.05) is 0 Å². The molecule has 3 nitrogen and oxygen atoms in total. The van der Waals surface area contributed by atoms with Crippen LogP contribution < -0.4 is 0 Å². The van der Waals surface area contributed by atoms with Crippen LogP contribution in [0.1, 0.15) is 52.9 Å². The molecule has 0 aromatic heterocycles. The Balaban J connectivity index is 2.52. The third-order valence-corrected chi connectivity index (χ3v) is 4.34. The summed E-state index contributed by atoms with van der Waals surface area (Å²) < 4.78 is 5.17. The first-order valence-electron chi connectivity index (χ1n) is 7.84. The van der Waals surface area contributed by atoms with Crippen LogP contribution in [0.25, 0.3) is 0 Å². The quantitative estimate of drug-likeness (QED) is 0.678. The van der Waals surface area contributed by atoms with Gasteiger partial charge in [0.25, 0.3) is 0 Å². The van der Waals surface area contributed by atoms with E-state index in [0.717, 1.165) is 44.9 Å². The fraction of sp³-hybridized carbons (Fsp3) is 0.938. The molecule has 112 valence electrons. The van der Waals surface area contributed by atoms with E-state index in [0.29, 0.717) is 11.8 Å². The van der Waals surface area contributed by atoms with E-state index in [2.05, 4.69) is 25.7 Å². The van der Waals surface area contributed by atoms with Crippen molar-refractivity contribution in [1.29, 1.82) is 0 Å². The van der Waals surface area contributed by atoms with Crippen molar-refractivity contribution in [1.82, 2.24) is 4.90 Å². The molecule has 1 aliphatic rings. The Bertz CT molecular complexity index is 265. The highest BCUT2D eigenvalue weighted by atomic mass is 16.5. The van der Waals surface area contributed by atoms with Crippen molar-refractivity contribution in [3.05, 3.63) is 0 Å². The second kappa shape index (κ2) is 8.70. The Morgan fingerprint density at radius 2 is 2.16 bits per heavy atom. The molecule has 19 heavy (non-hydrogen) atoms. The molecule has 0 saturated heterocycles. The highest BCUT2D eigenvalue weighted by Crippen LogP contribution is 2.30. The maximum absolute atomic E-state index is 12.1. The van der Waals surface area contributed by atoms with Crippen molar-refractivity contribution in [3.63, 3.8) is 0 Å². The number of carbonyl (C=O) groups excluding carboxylic acids is 1. The van der Waals surface area contributed by atoms with Gasteiger partial charge >= 0.3 is 0 Å². The second-order valence-corrected chi connectivity index (χ2v) is 6.17. The molecule has 0 spiro atoms. The molecule has 3 heteroatoms. The van der Waals surface area contributed by atoms with Gasteiger partial charge in [0.2, 0.25) is 0 Å². The van der Waals surface area contributed by atoms with Gasteiger partial charge in [-0.2, -0.15) is 0 Å². The number of nitrogens with zero attached hydrogens (tertiary/aromatic N) is 1. The van der Waals surface area contributed by atoms with E-state index in [4.69, 9.17) is 4.74 Å². The zero-order chi connectivity index (χ0) is 14.3. The fourth-order valence-electron chi connectivity index (χ4n) is 3.10. The van der Waals surface area contributed by atoms with Crippen molar-refractivity contribution in [2.75, 3.05) is 26.8 Å². The van der Waals surface area contributed by atoms with Gasteiger partial charge in [-0.15, -0.1) is 0 Å². The molecule has 1 rings (SSSR count). The summed E-state index contributed by atoms with van der Waals surface area (Å²) >= 11 is 0. The van der Waals surface area contributed by atoms with Crippen LogP contribution in [0.5, 0.6) is 0 Å². The SMILES string of the molecule is CCCC1CCC(=O)C(CN(CCOC)C(C)C)C1. The van der Waals surface area contributed by atoms with Crippen molar-refractivity contribution in [2.45, 2.75) is 58.9 Å². The minimum Gasteiger partial charge on any atom is -0.383 e. The molecule has 0 aromatic carbocycles. The lowest BCUT2D eigenvalue weighted by molar-refractivity contribution is -0.126. The summed E-state index contributed by atoms with van der Waals surface area (Å²) in [4.78, 5) is 14.5. The van der Waals surface area contributed by atoms with Gasteiger partial charge in [-0.25, -0.2) is 0 Å². The summed E-state index contributed by atoms with van der Waals surface area (Å²) in [5, 5.41) is 0. The predicted molar refractivity (Wildman–Crippen MR) is 79.3 cm³/mol. The van der Waals surface area contributed by atoms with E-state index in [-0.39, 0.29) is 5.92 Å². The molecule has 1 fully saturated rings. The first-order chi connectivity index (χ1) is 9.08. The van der Waals surface area contributed by atoms with Gasteiger partial charge in [0.1, 0.15) is 5.78 Å². The first-order valence-corrected chi connectivity index (χ1v) is 7.84. The number of carbonyl (C=O) groups is 1. The van der Waals surface area contributed by atoms with Crippen molar-refractivity contribution < 1.29 is 9.53 Å². The zero-order valence-electron chi connectivity index (χ0n) is 13.2. The van der Waals surface area contributed by atoms with Crippen molar-refractivity contribution in [3.8, 4) is 0 Å². The normalized spacial score (nSPS) is 24.4. The monoisotopic (exact) mass is 269 g/mol. The van der Waals surface area contributed by atoms with E-state index in [9.17, 15) is 4.79 Å². The lowest BCUT2D eigenvalue weighted by atomic mass is 9.78. The van der Waals surface area contributed by atoms with Gasteiger partial charge in [-0.1, -0.05) is 19.8 Å². The van der Waals surface area contributed by atoms with Crippen LogP contribution in [0.15, 0.2) is 0 Å². The Hall–Kier alpha value is -0.410. The first kappa shape index (κ1) is 16.6. The largest absolute Gasteiger partial charge is 0.383 e. The maximum atomic E-state index is 12.1. The third-order valence-electron chi connectivity index (χ3n) is 4.34. The number of Topliss-reactive ketones (excluding diaryl/α,β-unsaturated/α-hetero) is 1. The van der Waals surface area contributed by atoms with Crippen LogP contribution in [-0.2, 0) is 9.53 Å². The molecule has 0 aromatic rings. The predicted octanol–water partition coefficient (Wildman–Crippen LogP) is 3.13. The molecule has 0 heterocycles. The van der Waals surface area contributed by atoms with Gasteiger partial charge in [-0.3, -0.25) is 9.69 Å². The highest BCUT2D eigenvalue weighted by molar-refractivity contribution is 5.81. The van der Waals surface area contributed by atoms with Crippen LogP contribution >= 0.6 is 0 Å². The minimum absolute atomic E-state index is 0.254. The second-order valence-electron chi connectivity index (χ2n) is 6.17. The lowest BCUT2D eigenvalue weighted by Crippen LogP contribution is -2.41. The molecule has 0 aliphatic heterocycles. The third kappa shape index (κ3) is 5.62. The average Bonchev–Trinajstić information content (AvgIpc) is 2.38. The summed E-state index contributed by atoms with van der Waals surface area (Å²) in [6, 6.07) is 0.481. The van der Waals surface area contributed by atoms with Gasteiger partial charge in [0.05, 0.1) is 6.61 Å². The summed E-state index contributed by atoms with van der Waals surface area (Å²) in [6.45, 7) is 9.23. The standard InChI is InChI=1S/C16H31NO2/c1-5-6-14-7-8-16(18)15(11-14)12-17(13(2)3)9-10-19-4/h13-15H,5-12H2,1-4H3. The molecular formula is C16H31NO2. The Morgan fingerprint density at radius 3 is 2.74 bits per heavy atom. The Kier molecular flexibility index (Phi) is 7.62. The highest BCUT2D eigenvalue weighted by Gasteiger charge is 2.30. The maximum Gasteiger partial charge on any atom is 0.137 e. The van der Waals surface area contributed by atoms with Gasteiger partial charge < -0.3 is 4.74 Å². The van der Waals surface area contributed by atoms with E-state index < -0.39 is 0 Å². The van der Waals surface area contributed by atoms with Crippen molar-refractivity contribution in [2.24, 2.45) is 11.8 Å². The topological polar surface area (TPSA) is 29.5 Å². The summed E-state index contributed by atoms with van der Waals surface area (Å²) in [6.07, 6.45) is 5.53. The Labute approximate surface area is 118 Å². The molecule has 1 saturated carbocycles. The van der Waals surface area contributed by atoms with Gasteiger partial charge in [0.15, 0.2) is 0 Å². The van der Waals surface area contributed by atoms with Crippen molar-refractivity contribution >= 4 is 5.78 Å². The summed E-state index contributed by atoms with van der Waals surface area (Å²) in [5.74, 6) is 1.50. The van der Waals surface area contributed by atoms with Crippen LogP contribution in [0.2, 0.25) is 0 Å². The zero-order valence-corrected chi connectivity index (χ0v) is 13.2. The van der Waals surface area contributed by atoms with E-state index >= 15 is 0 Å². The van der Waals surface area contributed by atoms with Crippen LogP contribution in [0.4, 0.5) is 0 Å². The Morgan fingerprint density at radius 1 is 1.42 bits per heavy atom.